The summed E-state index contributed by atoms with van der Waals surface area (Å²) in [5.41, 5.74) is 0.312. The van der Waals surface area contributed by atoms with E-state index in [1.165, 1.54) is 12.1 Å². The van der Waals surface area contributed by atoms with Crippen molar-refractivity contribution in [3.63, 3.8) is 0 Å². The fourth-order valence-corrected chi connectivity index (χ4v) is 2.30. The van der Waals surface area contributed by atoms with Gasteiger partial charge in [-0.1, -0.05) is 12.1 Å². The topological polar surface area (TPSA) is 95.5 Å². The first kappa shape index (κ1) is 13.2. The first-order valence-corrected chi connectivity index (χ1v) is 8.32. The first-order valence-electron chi connectivity index (χ1n) is 3.99. The van der Waals surface area contributed by atoms with E-state index >= 15 is 0 Å². The predicted molar refractivity (Wildman–Crippen MR) is 66.7 cm³/mol. The monoisotopic (exact) mass is 282 g/mol. The van der Waals surface area contributed by atoms with E-state index in [9.17, 15) is 12.6 Å². The molecule has 0 heterocycles. The molecule has 0 amide bonds. The molecule has 0 radical (unpaired) electrons. The van der Waals surface area contributed by atoms with Crippen molar-refractivity contribution in [3.8, 4) is 0 Å². The lowest BCUT2D eigenvalue weighted by molar-refractivity contribution is 0.567. The van der Waals surface area contributed by atoms with Crippen LogP contribution in [0, 0.1) is 0 Å². The maximum Gasteiger partial charge on any atom is 0.229 e. The molecule has 16 heavy (non-hydrogen) atoms. The molecule has 1 aromatic rings. The second kappa shape index (κ2) is 4.53. The van der Waals surface area contributed by atoms with Crippen molar-refractivity contribution in [2.24, 2.45) is 0 Å². The zero-order valence-corrected chi connectivity index (χ0v) is 10.7. The standard InChI is InChI=1S/C7H10N2O4S3/c1-15(10,11)8-6-4-2-3-5-7(6)9-16(12,13)14/h2-5,8-9H,1H3,(H,12,13,14). The summed E-state index contributed by atoms with van der Waals surface area (Å²) < 4.78 is 46.3. The third-order valence-corrected chi connectivity index (χ3v) is 2.78. The lowest BCUT2D eigenvalue weighted by atomic mass is 10.3. The number of hydrogen-bond acceptors (Lipinski definition) is 4. The van der Waals surface area contributed by atoms with Gasteiger partial charge in [0.05, 0.1) is 17.6 Å². The van der Waals surface area contributed by atoms with Crippen molar-refractivity contribution in [1.29, 1.82) is 0 Å². The Kier molecular flexibility index (Phi) is 3.73. The summed E-state index contributed by atoms with van der Waals surface area (Å²) >= 11 is 4.26. The van der Waals surface area contributed by atoms with Gasteiger partial charge in [0, 0.05) is 11.2 Å². The van der Waals surface area contributed by atoms with Crippen molar-refractivity contribution in [3.05, 3.63) is 24.3 Å². The van der Waals surface area contributed by atoms with Crippen molar-refractivity contribution < 1.29 is 17.2 Å². The van der Waals surface area contributed by atoms with Gasteiger partial charge in [-0.25, -0.2) is 12.6 Å². The van der Waals surface area contributed by atoms with Gasteiger partial charge in [-0.2, -0.15) is 0 Å². The fourth-order valence-electron chi connectivity index (χ4n) is 1.000. The van der Waals surface area contributed by atoms with Crippen LogP contribution >= 0.6 is 0 Å². The molecule has 6 nitrogen and oxygen atoms in total. The highest BCUT2D eigenvalue weighted by Crippen LogP contribution is 2.22. The molecule has 1 rings (SSSR count). The first-order chi connectivity index (χ1) is 7.17. The summed E-state index contributed by atoms with van der Waals surface area (Å²) in [5.74, 6) is 0. The number of sulfonamides is 1. The Bertz CT molecular complexity index is 526. The van der Waals surface area contributed by atoms with Gasteiger partial charge in [-0.05, 0) is 12.1 Å². The third-order valence-electron chi connectivity index (χ3n) is 1.46. The molecule has 0 aliphatic heterocycles. The van der Waals surface area contributed by atoms with Crippen LogP contribution in [-0.4, -0.2) is 23.4 Å². The zero-order valence-electron chi connectivity index (χ0n) is 8.21. The summed E-state index contributed by atoms with van der Waals surface area (Å²) in [6.07, 6.45) is 0.980. The summed E-state index contributed by atoms with van der Waals surface area (Å²) in [4.78, 5) is 0. The van der Waals surface area contributed by atoms with E-state index < -0.39 is 19.0 Å². The molecule has 1 unspecified atom stereocenters. The van der Waals surface area contributed by atoms with Gasteiger partial charge in [0.25, 0.3) is 0 Å². The van der Waals surface area contributed by atoms with E-state index in [0.717, 1.165) is 6.26 Å². The van der Waals surface area contributed by atoms with E-state index in [2.05, 4.69) is 20.6 Å². The van der Waals surface area contributed by atoms with Crippen LogP contribution in [0.3, 0.4) is 0 Å². The Labute approximate surface area is 98.7 Å². The molecule has 0 aliphatic rings. The van der Waals surface area contributed by atoms with Crippen molar-refractivity contribution in [2.75, 3.05) is 15.7 Å². The summed E-state index contributed by atoms with van der Waals surface area (Å²) in [7, 11) is -7.06. The Balaban J connectivity index is 3.11. The van der Waals surface area contributed by atoms with Gasteiger partial charge in [0.15, 0.2) is 0 Å². The van der Waals surface area contributed by atoms with Crippen LogP contribution in [0.15, 0.2) is 24.3 Å². The predicted octanol–water partition coefficient (Wildman–Crippen LogP) is 0.604. The van der Waals surface area contributed by atoms with Crippen LogP contribution in [0.1, 0.15) is 0 Å². The third kappa shape index (κ3) is 4.75. The zero-order chi connectivity index (χ0) is 12.4. The van der Waals surface area contributed by atoms with Crippen molar-refractivity contribution in [2.45, 2.75) is 0 Å². The van der Waals surface area contributed by atoms with Gasteiger partial charge < -0.3 is 0 Å². The normalized spacial score (nSPS) is 15.1. The second-order valence-corrected chi connectivity index (χ2v) is 7.26. The van der Waals surface area contributed by atoms with Crippen LogP contribution < -0.4 is 9.44 Å². The van der Waals surface area contributed by atoms with Gasteiger partial charge in [0.1, 0.15) is 0 Å². The SMILES string of the molecule is CS(=O)(=O)Nc1ccccc1NS(=O)(O)=S. The number of hydrogen-bond donors (Lipinski definition) is 3. The largest absolute Gasteiger partial charge is 0.290 e. The number of nitrogens with one attached hydrogen (secondary N) is 2. The average Bonchev–Trinajstić information content (AvgIpc) is 2.03. The molecule has 0 bridgehead atoms. The van der Waals surface area contributed by atoms with Gasteiger partial charge >= 0.3 is 0 Å². The molecule has 0 aromatic heterocycles. The Morgan fingerprint density at radius 1 is 1.12 bits per heavy atom. The highest BCUT2D eigenvalue weighted by Gasteiger charge is 2.09. The minimum Gasteiger partial charge on any atom is -0.290 e. The van der Waals surface area contributed by atoms with E-state index in [0.29, 0.717) is 0 Å². The Morgan fingerprint density at radius 2 is 1.56 bits per heavy atom. The molecule has 0 saturated heterocycles. The van der Waals surface area contributed by atoms with E-state index in [-0.39, 0.29) is 11.4 Å². The molecule has 0 aliphatic carbocycles. The summed E-state index contributed by atoms with van der Waals surface area (Å²) in [5, 5.41) is 0. The molecular weight excluding hydrogens is 272 g/mol. The highest BCUT2D eigenvalue weighted by molar-refractivity contribution is 8.30. The molecule has 1 aromatic carbocycles. The smallest absolute Gasteiger partial charge is 0.229 e. The van der Waals surface area contributed by atoms with Crippen molar-refractivity contribution >= 4 is 41.5 Å². The average molecular weight is 282 g/mol. The van der Waals surface area contributed by atoms with Crippen LogP contribution in [0.5, 0.6) is 0 Å². The number of anilines is 2. The Hall–Kier alpha value is -0.900. The van der Waals surface area contributed by atoms with E-state index in [4.69, 9.17) is 4.55 Å². The summed E-state index contributed by atoms with van der Waals surface area (Å²) in [6.45, 7) is 0. The highest BCUT2D eigenvalue weighted by atomic mass is 32.8. The maximum absolute atomic E-state index is 11.0. The fraction of sp³-hybridized carbons (Fsp3) is 0.143. The van der Waals surface area contributed by atoms with Gasteiger partial charge in [-0.3, -0.25) is 14.0 Å². The van der Waals surface area contributed by atoms with Crippen molar-refractivity contribution in [1.82, 2.24) is 0 Å². The minimum atomic E-state index is -3.61. The minimum absolute atomic E-state index is 0.149. The summed E-state index contributed by atoms with van der Waals surface area (Å²) in [6, 6.07) is 6.05. The van der Waals surface area contributed by atoms with E-state index in [1.54, 1.807) is 12.1 Å². The molecular formula is C7H10N2O4S3. The maximum atomic E-state index is 11.0. The Morgan fingerprint density at radius 3 is 1.94 bits per heavy atom. The number of benzene rings is 1. The molecule has 1 atom stereocenters. The van der Waals surface area contributed by atoms with E-state index in [1.807, 2.05) is 0 Å². The number of para-hydroxylation sites is 2. The molecule has 0 fully saturated rings. The van der Waals surface area contributed by atoms with Crippen LogP contribution in [0.4, 0.5) is 11.4 Å². The van der Waals surface area contributed by atoms with Gasteiger partial charge in [0.2, 0.25) is 19.0 Å². The lowest BCUT2D eigenvalue weighted by Gasteiger charge is -2.11. The molecule has 0 spiro atoms. The molecule has 90 valence electrons. The quantitative estimate of drug-likeness (QED) is 0.752. The van der Waals surface area contributed by atoms with Crippen LogP contribution in [-0.2, 0) is 30.2 Å². The molecule has 9 heteroatoms. The van der Waals surface area contributed by atoms with Crippen LogP contribution in [0.25, 0.3) is 0 Å². The van der Waals surface area contributed by atoms with Crippen LogP contribution in [0.2, 0.25) is 0 Å². The molecule has 0 saturated carbocycles. The lowest BCUT2D eigenvalue weighted by Crippen LogP contribution is -2.14. The second-order valence-electron chi connectivity index (χ2n) is 3.00. The van der Waals surface area contributed by atoms with Gasteiger partial charge in [-0.15, -0.1) is 0 Å². The molecule has 3 N–H and O–H groups in total. The number of rotatable bonds is 4.